The molecule has 0 heterocycles. The normalized spacial score (nSPS) is 11.8. The van der Waals surface area contributed by atoms with Crippen molar-refractivity contribution >= 4 is 12.1 Å². The number of esters is 1. The number of carbonyl (C=O) groups excluding carboxylic acids is 2. The molecular weight excluding hydrogens is 457 g/mol. The first-order chi connectivity index (χ1) is 17.6. The summed E-state index contributed by atoms with van der Waals surface area (Å²) in [5.74, 6) is -1.12. The zero-order valence-corrected chi connectivity index (χ0v) is 19.8. The van der Waals surface area contributed by atoms with Crippen molar-refractivity contribution in [3.63, 3.8) is 0 Å². The number of carbonyl (C=O) groups is 2. The van der Waals surface area contributed by atoms with Crippen LogP contribution in [0.15, 0.2) is 115 Å². The summed E-state index contributed by atoms with van der Waals surface area (Å²) in [4.78, 5) is 26.9. The van der Waals surface area contributed by atoms with Gasteiger partial charge in [0.1, 0.15) is 17.8 Å². The van der Waals surface area contributed by atoms with Crippen molar-refractivity contribution in [2.24, 2.45) is 0 Å². The summed E-state index contributed by atoms with van der Waals surface area (Å²) in [5, 5.41) is 2.86. The maximum atomic E-state index is 14.5. The van der Waals surface area contributed by atoms with Crippen LogP contribution in [0.4, 0.5) is 9.18 Å². The highest BCUT2D eigenvalue weighted by molar-refractivity contribution is 5.90. The Morgan fingerprint density at radius 2 is 1.36 bits per heavy atom. The third-order valence-corrected chi connectivity index (χ3v) is 6.06. The van der Waals surface area contributed by atoms with Crippen LogP contribution in [0, 0.1) is 5.82 Å². The number of hydrogen-bond donors (Lipinski definition) is 1. The van der Waals surface area contributed by atoms with Gasteiger partial charge in [0.2, 0.25) is 0 Å². The summed E-state index contributed by atoms with van der Waals surface area (Å²) in [6.07, 6.45) is -0.756. The molecule has 0 aliphatic carbocycles. The predicted molar refractivity (Wildman–Crippen MR) is 135 cm³/mol. The first kappa shape index (κ1) is 24.7. The lowest BCUT2D eigenvalue weighted by Gasteiger charge is -2.39. The Labute approximate surface area is 209 Å². The number of methoxy groups -OCH3 is 1. The molecule has 0 bridgehead atoms. The minimum Gasteiger partial charge on any atom is -0.468 e. The zero-order chi connectivity index (χ0) is 25.4. The molecule has 5 nitrogen and oxygen atoms in total. The van der Waals surface area contributed by atoms with E-state index in [-0.39, 0.29) is 6.61 Å². The number of rotatable bonds is 8. The molecule has 0 aliphatic heterocycles. The van der Waals surface area contributed by atoms with E-state index in [1.807, 2.05) is 42.5 Å². The van der Waals surface area contributed by atoms with Crippen LogP contribution in [0.3, 0.4) is 0 Å². The number of halogens is 1. The molecule has 0 spiro atoms. The fourth-order valence-corrected chi connectivity index (χ4v) is 4.43. The van der Waals surface area contributed by atoms with Crippen molar-refractivity contribution in [3.8, 4) is 0 Å². The Balaban J connectivity index is 1.86. The van der Waals surface area contributed by atoms with E-state index in [0.717, 1.165) is 5.56 Å². The molecule has 6 heteroatoms. The monoisotopic (exact) mass is 483 g/mol. The predicted octanol–water partition coefficient (Wildman–Crippen LogP) is 5.95. The fourth-order valence-electron chi connectivity index (χ4n) is 4.43. The second-order valence-electron chi connectivity index (χ2n) is 8.23. The summed E-state index contributed by atoms with van der Waals surface area (Å²) in [7, 11) is 1.29. The van der Waals surface area contributed by atoms with Gasteiger partial charge in [-0.05, 0) is 34.4 Å². The molecule has 0 saturated carbocycles. The minimum atomic E-state index is -1.54. The Morgan fingerprint density at radius 1 is 0.806 bits per heavy atom. The molecule has 4 aromatic rings. The SMILES string of the molecule is COC(=O)C(c1ccccc1)(c1ccccc1)C(NC(=O)OCc1ccccc1)c1cccc(F)c1. The lowest BCUT2D eigenvalue weighted by Crippen LogP contribution is -2.50. The van der Waals surface area contributed by atoms with Crippen molar-refractivity contribution in [2.45, 2.75) is 18.1 Å². The van der Waals surface area contributed by atoms with Gasteiger partial charge in [-0.1, -0.05) is 103 Å². The third-order valence-electron chi connectivity index (χ3n) is 6.06. The molecule has 1 atom stereocenters. The molecule has 4 rings (SSSR count). The first-order valence-corrected chi connectivity index (χ1v) is 11.5. The van der Waals surface area contributed by atoms with Gasteiger partial charge >= 0.3 is 12.1 Å². The van der Waals surface area contributed by atoms with Gasteiger partial charge < -0.3 is 14.8 Å². The van der Waals surface area contributed by atoms with Crippen LogP contribution in [0.2, 0.25) is 0 Å². The van der Waals surface area contributed by atoms with Crippen LogP contribution in [-0.4, -0.2) is 19.2 Å². The lowest BCUT2D eigenvalue weighted by molar-refractivity contribution is -0.147. The molecular formula is C30H26FNO4. The smallest absolute Gasteiger partial charge is 0.408 e. The number of alkyl carbamates (subject to hydrolysis) is 1. The second kappa shape index (κ2) is 11.3. The highest BCUT2D eigenvalue weighted by Crippen LogP contribution is 2.44. The average Bonchev–Trinajstić information content (AvgIpc) is 2.93. The van der Waals surface area contributed by atoms with E-state index in [1.165, 1.54) is 25.3 Å². The molecule has 0 aromatic heterocycles. The van der Waals surface area contributed by atoms with Crippen LogP contribution in [0.5, 0.6) is 0 Å². The Bertz CT molecular complexity index is 1260. The Morgan fingerprint density at radius 3 is 1.89 bits per heavy atom. The Kier molecular flexibility index (Phi) is 7.75. The molecule has 0 aliphatic rings. The van der Waals surface area contributed by atoms with Crippen molar-refractivity contribution in [3.05, 3.63) is 143 Å². The van der Waals surface area contributed by atoms with Crippen LogP contribution >= 0.6 is 0 Å². The zero-order valence-electron chi connectivity index (χ0n) is 19.8. The highest BCUT2D eigenvalue weighted by Gasteiger charge is 2.51. The molecule has 0 saturated heterocycles. The van der Waals surface area contributed by atoms with Gasteiger partial charge in [0.25, 0.3) is 0 Å². The van der Waals surface area contributed by atoms with E-state index in [9.17, 15) is 14.0 Å². The van der Waals surface area contributed by atoms with Gasteiger partial charge in [-0.3, -0.25) is 4.79 Å². The summed E-state index contributed by atoms with van der Waals surface area (Å²) >= 11 is 0. The number of hydrogen-bond acceptors (Lipinski definition) is 4. The topological polar surface area (TPSA) is 64.6 Å². The van der Waals surface area contributed by atoms with Crippen LogP contribution < -0.4 is 5.32 Å². The molecule has 1 N–H and O–H groups in total. The second-order valence-corrected chi connectivity index (χ2v) is 8.23. The largest absolute Gasteiger partial charge is 0.468 e. The molecule has 1 amide bonds. The Hall–Kier alpha value is -4.45. The quantitative estimate of drug-likeness (QED) is 0.315. The molecule has 36 heavy (non-hydrogen) atoms. The minimum absolute atomic E-state index is 0.0322. The molecule has 4 aromatic carbocycles. The molecule has 1 unspecified atom stereocenters. The first-order valence-electron chi connectivity index (χ1n) is 11.5. The van der Waals surface area contributed by atoms with Crippen LogP contribution in [0.25, 0.3) is 0 Å². The summed E-state index contributed by atoms with van der Waals surface area (Å²) in [6, 6.07) is 32.0. The van der Waals surface area contributed by atoms with Crippen molar-refractivity contribution < 1.29 is 23.5 Å². The number of amides is 1. The van der Waals surface area contributed by atoms with Gasteiger partial charge in [0, 0.05) is 0 Å². The van der Waals surface area contributed by atoms with Crippen LogP contribution in [0.1, 0.15) is 28.3 Å². The van der Waals surface area contributed by atoms with E-state index < -0.39 is 29.3 Å². The van der Waals surface area contributed by atoms with Gasteiger partial charge in [-0.25, -0.2) is 9.18 Å². The van der Waals surface area contributed by atoms with Gasteiger partial charge in [0.05, 0.1) is 13.2 Å². The van der Waals surface area contributed by atoms with E-state index in [0.29, 0.717) is 16.7 Å². The van der Waals surface area contributed by atoms with Gasteiger partial charge in [-0.2, -0.15) is 0 Å². The van der Waals surface area contributed by atoms with Crippen molar-refractivity contribution in [1.29, 1.82) is 0 Å². The number of ether oxygens (including phenoxy) is 2. The highest BCUT2D eigenvalue weighted by atomic mass is 19.1. The fraction of sp³-hybridized carbons (Fsp3) is 0.133. The maximum Gasteiger partial charge on any atom is 0.408 e. The lowest BCUT2D eigenvalue weighted by atomic mass is 9.67. The summed E-state index contributed by atoms with van der Waals surface area (Å²) in [5.41, 5.74) is 0.781. The van der Waals surface area contributed by atoms with E-state index in [4.69, 9.17) is 9.47 Å². The van der Waals surface area contributed by atoms with Crippen LogP contribution in [-0.2, 0) is 26.3 Å². The van der Waals surface area contributed by atoms with Crippen molar-refractivity contribution in [2.75, 3.05) is 7.11 Å². The summed E-state index contributed by atoms with van der Waals surface area (Å²) < 4.78 is 25.3. The van der Waals surface area contributed by atoms with Crippen molar-refractivity contribution in [1.82, 2.24) is 5.32 Å². The van der Waals surface area contributed by atoms with E-state index in [2.05, 4.69) is 5.32 Å². The standard InChI is InChI=1S/C30H26FNO4/c1-35-28(33)30(24-15-7-3-8-16-24,25-17-9-4-10-18-25)27(23-14-11-19-26(31)20-23)32-29(34)36-21-22-12-5-2-6-13-22/h2-20,27H,21H2,1H3,(H,32,34). The summed E-state index contributed by atoms with van der Waals surface area (Å²) in [6.45, 7) is 0.0322. The molecule has 182 valence electrons. The maximum absolute atomic E-state index is 14.5. The molecule has 0 fully saturated rings. The average molecular weight is 484 g/mol. The van der Waals surface area contributed by atoms with Gasteiger partial charge in [0.15, 0.2) is 0 Å². The number of nitrogens with one attached hydrogen (secondary N) is 1. The van der Waals surface area contributed by atoms with E-state index >= 15 is 0 Å². The number of benzene rings is 4. The molecule has 0 radical (unpaired) electrons. The van der Waals surface area contributed by atoms with E-state index in [1.54, 1.807) is 54.6 Å². The third kappa shape index (κ3) is 5.13. The van der Waals surface area contributed by atoms with Gasteiger partial charge in [-0.15, -0.1) is 0 Å².